The predicted molar refractivity (Wildman–Crippen MR) is 112 cm³/mol. The fourth-order valence-electron chi connectivity index (χ4n) is 4.11. The largest absolute Gasteiger partial charge is 0.352 e. The molecule has 0 aromatic carbocycles. The number of likely N-dealkylation sites (tertiary alicyclic amines) is 1. The molecule has 0 bridgehead atoms. The van der Waals surface area contributed by atoms with E-state index >= 15 is 0 Å². The summed E-state index contributed by atoms with van der Waals surface area (Å²) in [7, 11) is 0. The second kappa shape index (κ2) is 8.60. The summed E-state index contributed by atoms with van der Waals surface area (Å²) in [6, 6.07) is 2.77. The molecule has 2 aromatic rings. The Morgan fingerprint density at radius 1 is 1.36 bits per heavy atom. The van der Waals surface area contributed by atoms with Crippen molar-refractivity contribution in [3.63, 3.8) is 0 Å². The Bertz CT molecular complexity index is 820. The predicted octanol–water partition coefficient (Wildman–Crippen LogP) is 2.17. The summed E-state index contributed by atoms with van der Waals surface area (Å²) >= 11 is 0. The summed E-state index contributed by atoms with van der Waals surface area (Å²) < 4.78 is 1.84. The van der Waals surface area contributed by atoms with E-state index in [0.29, 0.717) is 12.1 Å². The Hall–Kier alpha value is -1.95. The summed E-state index contributed by atoms with van der Waals surface area (Å²) in [4.78, 5) is 19.0. The Morgan fingerprint density at radius 3 is 2.82 bits per heavy atom. The Morgan fingerprint density at radius 2 is 2.14 bits per heavy atom. The van der Waals surface area contributed by atoms with E-state index in [0.717, 1.165) is 42.5 Å². The Kier molecular flexibility index (Phi) is 6.38. The summed E-state index contributed by atoms with van der Waals surface area (Å²) in [5, 5.41) is 7.83. The van der Waals surface area contributed by atoms with Crippen LogP contribution in [0.2, 0.25) is 0 Å². The molecule has 28 heavy (non-hydrogen) atoms. The van der Waals surface area contributed by atoms with Gasteiger partial charge < -0.3 is 10.2 Å². The van der Waals surface area contributed by atoms with Crippen molar-refractivity contribution < 1.29 is 9.69 Å². The van der Waals surface area contributed by atoms with E-state index in [9.17, 15) is 4.79 Å². The van der Waals surface area contributed by atoms with Crippen LogP contribution in [0.5, 0.6) is 0 Å². The molecule has 3 heterocycles. The molecule has 2 aromatic heterocycles. The molecule has 1 unspecified atom stereocenters. The molecule has 0 spiro atoms. The number of fused-ring (bicyclic) bond motifs is 1. The molecular formula is C22H36N5O+. The van der Waals surface area contributed by atoms with Gasteiger partial charge in [0.25, 0.3) is 5.91 Å². The molecule has 1 aliphatic heterocycles. The van der Waals surface area contributed by atoms with E-state index in [1.54, 1.807) is 11.1 Å². The number of rotatable bonds is 6. The number of nitrogens with one attached hydrogen (secondary N) is 2. The monoisotopic (exact) mass is 386 g/mol. The van der Waals surface area contributed by atoms with Gasteiger partial charge >= 0.3 is 0 Å². The van der Waals surface area contributed by atoms with Crippen molar-refractivity contribution in [2.24, 2.45) is 0 Å². The first-order valence-corrected chi connectivity index (χ1v) is 10.8. The van der Waals surface area contributed by atoms with Gasteiger partial charge in [-0.3, -0.25) is 4.79 Å². The first-order chi connectivity index (χ1) is 13.3. The van der Waals surface area contributed by atoms with E-state index < -0.39 is 0 Å². The third kappa shape index (κ3) is 4.54. The first kappa shape index (κ1) is 20.8. The Labute approximate surface area is 168 Å². The normalized spacial score (nSPS) is 20.5. The van der Waals surface area contributed by atoms with E-state index in [4.69, 9.17) is 5.10 Å². The van der Waals surface area contributed by atoms with E-state index in [1.807, 2.05) is 10.6 Å². The van der Waals surface area contributed by atoms with Gasteiger partial charge in [0.2, 0.25) is 0 Å². The topological polar surface area (TPSA) is 63.7 Å². The number of aromatic nitrogens is 3. The second-order valence-corrected chi connectivity index (χ2v) is 9.19. The molecule has 1 saturated heterocycles. The lowest BCUT2D eigenvalue weighted by Crippen LogP contribution is -3.16. The van der Waals surface area contributed by atoms with E-state index in [1.165, 1.54) is 25.8 Å². The highest BCUT2D eigenvalue weighted by Gasteiger charge is 2.23. The molecule has 1 aliphatic rings. The van der Waals surface area contributed by atoms with Gasteiger partial charge in [0, 0.05) is 30.6 Å². The van der Waals surface area contributed by atoms with Crippen molar-refractivity contribution in [2.75, 3.05) is 19.6 Å². The SMILES string of the molecule is CCc1c(C(=O)NCCC[NH+]2CCCC[C@H]2C)cnc2cc(C(C)(C)C)nn12. The number of aryl methyl sites for hydroxylation is 1. The lowest BCUT2D eigenvalue weighted by atomic mass is 9.93. The number of nitrogens with zero attached hydrogens (tertiary/aromatic N) is 3. The minimum atomic E-state index is -0.0466. The zero-order valence-corrected chi connectivity index (χ0v) is 18.1. The quantitative estimate of drug-likeness (QED) is 0.748. The van der Waals surface area contributed by atoms with Crippen LogP contribution in [-0.4, -0.2) is 46.2 Å². The van der Waals surface area contributed by atoms with Crippen molar-refractivity contribution in [2.45, 2.75) is 78.2 Å². The van der Waals surface area contributed by atoms with Crippen molar-refractivity contribution in [1.29, 1.82) is 0 Å². The first-order valence-electron chi connectivity index (χ1n) is 10.8. The van der Waals surface area contributed by atoms with Crippen molar-refractivity contribution in [3.05, 3.63) is 29.2 Å². The molecule has 1 fully saturated rings. The molecule has 6 heteroatoms. The molecule has 0 saturated carbocycles. The van der Waals surface area contributed by atoms with Crippen LogP contribution < -0.4 is 10.2 Å². The van der Waals surface area contributed by atoms with Gasteiger partial charge in [0.15, 0.2) is 5.65 Å². The fourth-order valence-corrected chi connectivity index (χ4v) is 4.11. The van der Waals surface area contributed by atoms with Crippen molar-refractivity contribution >= 4 is 11.6 Å². The average Bonchev–Trinajstić information content (AvgIpc) is 3.10. The highest BCUT2D eigenvalue weighted by molar-refractivity contribution is 5.95. The van der Waals surface area contributed by atoms with Crippen LogP contribution in [-0.2, 0) is 11.8 Å². The van der Waals surface area contributed by atoms with Crippen LogP contribution in [0, 0.1) is 0 Å². The van der Waals surface area contributed by atoms with Crippen LogP contribution in [0.25, 0.3) is 5.65 Å². The number of carbonyl (C=O) groups excluding carboxylic acids is 1. The number of carbonyl (C=O) groups is 1. The Balaban J connectivity index is 1.65. The van der Waals surface area contributed by atoms with Gasteiger partial charge in [-0.05, 0) is 32.6 Å². The lowest BCUT2D eigenvalue weighted by Gasteiger charge is -2.30. The van der Waals surface area contributed by atoms with Gasteiger partial charge in [-0.15, -0.1) is 0 Å². The smallest absolute Gasteiger partial charge is 0.254 e. The van der Waals surface area contributed by atoms with Crippen LogP contribution >= 0.6 is 0 Å². The molecular weight excluding hydrogens is 350 g/mol. The van der Waals surface area contributed by atoms with Crippen LogP contribution in [0.4, 0.5) is 0 Å². The maximum absolute atomic E-state index is 12.8. The lowest BCUT2D eigenvalue weighted by molar-refractivity contribution is -0.928. The molecule has 0 radical (unpaired) electrons. The summed E-state index contributed by atoms with van der Waals surface area (Å²) in [5.74, 6) is -0.0410. The molecule has 3 rings (SSSR count). The van der Waals surface area contributed by atoms with Gasteiger partial charge in [-0.2, -0.15) is 5.10 Å². The fraction of sp³-hybridized carbons (Fsp3) is 0.682. The molecule has 154 valence electrons. The second-order valence-electron chi connectivity index (χ2n) is 9.19. The minimum Gasteiger partial charge on any atom is -0.352 e. The van der Waals surface area contributed by atoms with Gasteiger partial charge in [0.05, 0.1) is 36.1 Å². The van der Waals surface area contributed by atoms with Gasteiger partial charge in [-0.1, -0.05) is 27.7 Å². The van der Waals surface area contributed by atoms with Gasteiger partial charge in [-0.25, -0.2) is 9.50 Å². The third-order valence-electron chi connectivity index (χ3n) is 5.97. The number of amides is 1. The summed E-state index contributed by atoms with van der Waals surface area (Å²) in [6.07, 6.45) is 7.48. The van der Waals surface area contributed by atoms with Crippen LogP contribution in [0.15, 0.2) is 12.3 Å². The molecule has 1 amide bonds. The number of quaternary nitrogens is 1. The van der Waals surface area contributed by atoms with Crippen LogP contribution in [0.1, 0.15) is 82.0 Å². The number of hydrogen-bond donors (Lipinski definition) is 2. The van der Waals surface area contributed by atoms with Crippen LogP contribution in [0.3, 0.4) is 0 Å². The third-order valence-corrected chi connectivity index (χ3v) is 5.97. The van der Waals surface area contributed by atoms with Crippen molar-refractivity contribution in [1.82, 2.24) is 19.9 Å². The number of piperidine rings is 1. The highest BCUT2D eigenvalue weighted by atomic mass is 16.1. The molecule has 6 nitrogen and oxygen atoms in total. The van der Waals surface area contributed by atoms with Crippen molar-refractivity contribution in [3.8, 4) is 0 Å². The van der Waals surface area contributed by atoms with E-state index in [2.05, 4.69) is 44.9 Å². The maximum atomic E-state index is 12.8. The average molecular weight is 387 g/mol. The molecule has 2 N–H and O–H groups in total. The highest BCUT2D eigenvalue weighted by Crippen LogP contribution is 2.23. The maximum Gasteiger partial charge on any atom is 0.254 e. The van der Waals surface area contributed by atoms with E-state index in [-0.39, 0.29) is 11.3 Å². The molecule has 2 atom stereocenters. The van der Waals surface area contributed by atoms with Gasteiger partial charge in [0.1, 0.15) is 0 Å². The zero-order valence-electron chi connectivity index (χ0n) is 18.1. The standard InChI is InChI=1S/C22H35N5O/c1-6-18-17(15-24-20-14-19(22(3,4)5)25-27(18)20)21(28)23-11-9-13-26-12-8-7-10-16(26)2/h14-16H,6-13H2,1-5H3,(H,23,28)/p+1/t16-/m1/s1. The summed E-state index contributed by atoms with van der Waals surface area (Å²) in [5.41, 5.74) is 3.31. The number of hydrogen-bond acceptors (Lipinski definition) is 3. The summed E-state index contributed by atoms with van der Waals surface area (Å²) in [6.45, 7) is 13.9. The zero-order chi connectivity index (χ0) is 20.3. The molecule has 0 aliphatic carbocycles. The minimum absolute atomic E-state index is 0.0410.